The monoisotopic (exact) mass is 476 g/mol. The predicted octanol–water partition coefficient (Wildman–Crippen LogP) is 6.54. The van der Waals surface area contributed by atoms with Gasteiger partial charge in [0.2, 0.25) is 0 Å². The number of ether oxygens (including phenoxy) is 1. The summed E-state index contributed by atoms with van der Waals surface area (Å²) in [5.41, 5.74) is 3.93. The molecule has 5 heteroatoms. The summed E-state index contributed by atoms with van der Waals surface area (Å²) < 4.78 is 6.16. The molecule has 0 radical (unpaired) electrons. The van der Waals surface area contributed by atoms with Gasteiger partial charge in [0.25, 0.3) is 5.91 Å². The number of amides is 1. The van der Waals surface area contributed by atoms with Crippen molar-refractivity contribution < 1.29 is 9.53 Å². The first-order valence-corrected chi connectivity index (χ1v) is 13.2. The maximum absolute atomic E-state index is 13.2. The van der Waals surface area contributed by atoms with Crippen molar-refractivity contribution >= 4 is 17.2 Å². The van der Waals surface area contributed by atoms with Gasteiger partial charge in [-0.1, -0.05) is 38.1 Å². The van der Waals surface area contributed by atoms with E-state index in [1.165, 1.54) is 15.3 Å². The van der Waals surface area contributed by atoms with E-state index in [2.05, 4.69) is 60.9 Å². The van der Waals surface area contributed by atoms with E-state index in [1.54, 1.807) is 0 Å². The van der Waals surface area contributed by atoms with Crippen molar-refractivity contribution in [3.63, 3.8) is 0 Å². The van der Waals surface area contributed by atoms with Crippen LogP contribution in [0.3, 0.4) is 0 Å². The SMILES string of the molecule is Cc1ccc(OC2CCNCC2)cc1C(=O)NC(C)c1cccc(-c2ccc(CC(C)C)s2)c1. The molecule has 0 aliphatic carbocycles. The fourth-order valence-corrected chi connectivity index (χ4v) is 5.61. The Balaban J connectivity index is 1.45. The molecule has 0 bridgehead atoms. The second-order valence-corrected chi connectivity index (χ2v) is 10.9. The Morgan fingerprint density at radius 1 is 1.09 bits per heavy atom. The number of benzene rings is 2. The van der Waals surface area contributed by atoms with Gasteiger partial charge in [-0.15, -0.1) is 11.3 Å². The number of hydrogen-bond donors (Lipinski definition) is 2. The lowest BCUT2D eigenvalue weighted by Crippen LogP contribution is -2.34. The standard InChI is InChI=1S/C29H36N2O2S/c1-19(2)16-26-10-11-28(34-26)23-7-5-6-22(17-23)21(4)31-29(32)27-18-25(9-8-20(27)3)33-24-12-14-30-15-13-24/h5-11,17-19,21,24,30H,12-16H2,1-4H3,(H,31,32). The summed E-state index contributed by atoms with van der Waals surface area (Å²) in [5, 5.41) is 6.55. The highest BCUT2D eigenvalue weighted by atomic mass is 32.1. The molecule has 1 unspecified atom stereocenters. The van der Waals surface area contributed by atoms with Crippen LogP contribution in [0.2, 0.25) is 0 Å². The lowest BCUT2D eigenvalue weighted by molar-refractivity contribution is 0.0938. The van der Waals surface area contributed by atoms with Gasteiger partial charge in [-0.2, -0.15) is 0 Å². The second-order valence-electron chi connectivity index (χ2n) is 9.73. The minimum Gasteiger partial charge on any atom is -0.490 e. The molecule has 180 valence electrons. The topological polar surface area (TPSA) is 50.4 Å². The Morgan fingerprint density at radius 3 is 2.65 bits per heavy atom. The number of aryl methyl sites for hydroxylation is 1. The maximum Gasteiger partial charge on any atom is 0.252 e. The summed E-state index contributed by atoms with van der Waals surface area (Å²) >= 11 is 1.86. The number of piperidine rings is 1. The molecule has 4 nitrogen and oxygen atoms in total. The van der Waals surface area contributed by atoms with Crippen LogP contribution in [-0.4, -0.2) is 25.1 Å². The van der Waals surface area contributed by atoms with Crippen molar-refractivity contribution in [2.45, 2.75) is 59.1 Å². The average molecular weight is 477 g/mol. The lowest BCUT2D eigenvalue weighted by atomic mass is 10.0. The molecule has 3 aromatic rings. The number of carbonyl (C=O) groups is 1. The fourth-order valence-electron chi connectivity index (χ4n) is 4.39. The summed E-state index contributed by atoms with van der Waals surface area (Å²) in [7, 11) is 0. The first-order valence-electron chi connectivity index (χ1n) is 12.4. The molecule has 0 saturated carbocycles. The van der Waals surface area contributed by atoms with Gasteiger partial charge in [-0.05, 0) is 99.1 Å². The Labute approximate surface area is 207 Å². The van der Waals surface area contributed by atoms with Crippen molar-refractivity contribution in [1.82, 2.24) is 10.6 Å². The maximum atomic E-state index is 13.2. The van der Waals surface area contributed by atoms with E-state index in [4.69, 9.17) is 4.74 Å². The van der Waals surface area contributed by atoms with Gasteiger partial charge in [-0.25, -0.2) is 0 Å². The van der Waals surface area contributed by atoms with Gasteiger partial charge in [0.15, 0.2) is 0 Å². The molecule has 2 heterocycles. The van der Waals surface area contributed by atoms with E-state index >= 15 is 0 Å². The van der Waals surface area contributed by atoms with Crippen molar-refractivity contribution in [3.05, 3.63) is 76.2 Å². The Hall–Kier alpha value is -2.63. The Bertz CT molecular complexity index is 1110. The number of rotatable bonds is 8. The number of thiophene rings is 1. The largest absolute Gasteiger partial charge is 0.490 e. The molecule has 1 aromatic heterocycles. The van der Waals surface area contributed by atoms with Crippen molar-refractivity contribution in [2.75, 3.05) is 13.1 Å². The van der Waals surface area contributed by atoms with Crippen molar-refractivity contribution in [2.24, 2.45) is 5.92 Å². The smallest absolute Gasteiger partial charge is 0.252 e. The molecule has 2 N–H and O–H groups in total. The molecule has 34 heavy (non-hydrogen) atoms. The van der Waals surface area contributed by atoms with Crippen molar-refractivity contribution in [3.8, 4) is 16.2 Å². The highest BCUT2D eigenvalue weighted by molar-refractivity contribution is 7.15. The van der Waals surface area contributed by atoms with Crippen molar-refractivity contribution in [1.29, 1.82) is 0 Å². The molecule has 1 amide bonds. The van der Waals surface area contributed by atoms with Crippen LogP contribution >= 0.6 is 11.3 Å². The van der Waals surface area contributed by atoms with Crippen LogP contribution in [0.15, 0.2) is 54.6 Å². The summed E-state index contributed by atoms with van der Waals surface area (Å²) in [6.07, 6.45) is 3.30. The summed E-state index contributed by atoms with van der Waals surface area (Å²) in [4.78, 5) is 15.9. The molecule has 1 saturated heterocycles. The molecule has 0 spiro atoms. The number of hydrogen-bond acceptors (Lipinski definition) is 4. The summed E-state index contributed by atoms with van der Waals surface area (Å²) in [6.45, 7) is 10.5. The zero-order valence-corrected chi connectivity index (χ0v) is 21.5. The molecular weight excluding hydrogens is 440 g/mol. The van der Waals surface area contributed by atoms with Crippen LogP contribution in [0.4, 0.5) is 0 Å². The van der Waals surface area contributed by atoms with Gasteiger partial charge in [-0.3, -0.25) is 4.79 Å². The third-order valence-electron chi connectivity index (χ3n) is 6.33. The van der Waals surface area contributed by atoms with Crippen LogP contribution in [0.1, 0.15) is 66.0 Å². The van der Waals surface area contributed by atoms with E-state index in [9.17, 15) is 4.79 Å². The molecule has 1 atom stereocenters. The fraction of sp³-hybridized carbons (Fsp3) is 0.414. The predicted molar refractivity (Wildman–Crippen MR) is 142 cm³/mol. The number of carbonyl (C=O) groups excluding carboxylic acids is 1. The van der Waals surface area contributed by atoms with Gasteiger partial charge >= 0.3 is 0 Å². The van der Waals surface area contributed by atoms with E-state index in [0.717, 1.165) is 49.2 Å². The minimum absolute atomic E-state index is 0.0680. The van der Waals surface area contributed by atoms with Gasteiger partial charge in [0.1, 0.15) is 11.9 Å². The van der Waals surface area contributed by atoms with Crippen LogP contribution in [-0.2, 0) is 6.42 Å². The first-order chi connectivity index (χ1) is 16.4. The minimum atomic E-state index is -0.101. The van der Waals surface area contributed by atoms with E-state index in [-0.39, 0.29) is 18.1 Å². The Kier molecular flexibility index (Phi) is 8.07. The van der Waals surface area contributed by atoms with Gasteiger partial charge < -0.3 is 15.4 Å². The highest BCUT2D eigenvalue weighted by Crippen LogP contribution is 2.31. The van der Waals surface area contributed by atoms with Gasteiger partial charge in [0.05, 0.1) is 6.04 Å². The zero-order valence-electron chi connectivity index (χ0n) is 20.7. The second kappa shape index (κ2) is 11.2. The zero-order chi connectivity index (χ0) is 24.1. The first kappa shape index (κ1) is 24.5. The molecule has 1 fully saturated rings. The lowest BCUT2D eigenvalue weighted by Gasteiger charge is -2.24. The molecule has 1 aliphatic rings. The van der Waals surface area contributed by atoms with Crippen LogP contribution < -0.4 is 15.4 Å². The van der Waals surface area contributed by atoms with E-state index in [1.807, 2.05) is 43.4 Å². The normalized spacial score (nSPS) is 15.3. The third-order valence-corrected chi connectivity index (χ3v) is 7.49. The third kappa shape index (κ3) is 6.28. The Morgan fingerprint density at radius 2 is 1.88 bits per heavy atom. The van der Waals surface area contributed by atoms with Crippen LogP contribution in [0.25, 0.3) is 10.4 Å². The number of nitrogens with one attached hydrogen (secondary N) is 2. The van der Waals surface area contributed by atoms with Crippen LogP contribution in [0.5, 0.6) is 5.75 Å². The summed E-state index contributed by atoms with van der Waals surface area (Å²) in [5.74, 6) is 1.36. The van der Waals surface area contributed by atoms with Gasteiger partial charge in [0, 0.05) is 15.3 Å². The molecule has 2 aromatic carbocycles. The van der Waals surface area contributed by atoms with E-state index in [0.29, 0.717) is 11.5 Å². The average Bonchev–Trinajstić information content (AvgIpc) is 3.29. The molecule has 4 rings (SSSR count). The molecular formula is C29H36N2O2S. The quantitative estimate of drug-likeness (QED) is 0.388. The highest BCUT2D eigenvalue weighted by Gasteiger charge is 2.18. The van der Waals surface area contributed by atoms with E-state index < -0.39 is 0 Å². The molecule has 1 aliphatic heterocycles. The summed E-state index contributed by atoms with van der Waals surface area (Å²) in [6, 6.07) is 18.7. The van der Waals surface area contributed by atoms with Crippen LogP contribution in [0, 0.1) is 12.8 Å².